The summed E-state index contributed by atoms with van der Waals surface area (Å²) in [6, 6.07) is 10.7. The number of nitrogens with zero attached hydrogens (tertiary/aromatic N) is 4. The fraction of sp³-hybridized carbons (Fsp3) is 0.316. The minimum Gasteiger partial charge on any atom is -0.395 e. The number of aromatic amines is 1. The third-order valence-corrected chi connectivity index (χ3v) is 5.12. The van der Waals surface area contributed by atoms with Gasteiger partial charge in [-0.25, -0.2) is 4.98 Å². The molecule has 0 spiro atoms. The van der Waals surface area contributed by atoms with Gasteiger partial charge in [0.05, 0.1) is 22.6 Å². The fourth-order valence-electron chi connectivity index (χ4n) is 3.55. The Morgan fingerprint density at radius 2 is 1.96 bits per heavy atom. The molecule has 2 heterocycles. The molecule has 0 saturated carbocycles. The molecule has 0 bridgehead atoms. The third kappa shape index (κ3) is 3.49. The van der Waals surface area contributed by atoms with E-state index in [2.05, 4.69) is 25.8 Å². The molecule has 0 radical (unpaired) electrons. The summed E-state index contributed by atoms with van der Waals surface area (Å²) in [5.41, 5.74) is 9.10. The highest BCUT2D eigenvalue weighted by atomic mass is 16.6. The monoisotopic (exact) mass is 382 g/mol. The zero-order valence-corrected chi connectivity index (χ0v) is 15.3. The lowest BCUT2D eigenvalue weighted by Crippen LogP contribution is -2.47. The number of H-pyrrole nitrogens is 1. The summed E-state index contributed by atoms with van der Waals surface area (Å²) in [7, 11) is 0. The van der Waals surface area contributed by atoms with Gasteiger partial charge in [-0.3, -0.25) is 15.0 Å². The highest BCUT2D eigenvalue weighted by Gasteiger charge is 2.18. The normalized spacial score (nSPS) is 15.2. The molecule has 146 valence electrons. The number of hydrogen-bond acceptors (Lipinski definition) is 7. The number of β-amino-alcohol motifs (C(OH)–C–C–N with tert-alkyl or cyclic N) is 1. The standard InChI is InChI=1S/C19H22N6O3/c20-15-3-1-13(11-18(15)25(27)28)19-21-16-4-2-14(12-17(16)22-19)24-7-5-23(6-8-24)9-10-26/h1-4,11-12,26H,5-10,20H2,(H,21,22). The molecular weight excluding hydrogens is 360 g/mol. The van der Waals surface area contributed by atoms with E-state index < -0.39 is 4.92 Å². The second-order valence-electron chi connectivity index (χ2n) is 6.87. The Hall–Kier alpha value is -3.17. The maximum atomic E-state index is 11.1. The first-order chi connectivity index (χ1) is 13.5. The number of hydrogen-bond donors (Lipinski definition) is 3. The highest BCUT2D eigenvalue weighted by molar-refractivity contribution is 5.83. The van der Waals surface area contributed by atoms with Crippen molar-refractivity contribution in [3.63, 3.8) is 0 Å². The molecule has 1 aromatic heterocycles. The molecule has 1 aliphatic rings. The number of nitrogens with one attached hydrogen (secondary N) is 1. The van der Waals surface area contributed by atoms with E-state index in [4.69, 9.17) is 10.8 Å². The number of nitro benzene ring substituents is 1. The van der Waals surface area contributed by atoms with Crippen LogP contribution in [0.4, 0.5) is 17.1 Å². The van der Waals surface area contributed by atoms with Crippen LogP contribution in [0.25, 0.3) is 22.4 Å². The number of benzene rings is 2. The van der Waals surface area contributed by atoms with Gasteiger partial charge in [-0.15, -0.1) is 0 Å². The number of imidazole rings is 1. The molecule has 9 heteroatoms. The summed E-state index contributed by atoms with van der Waals surface area (Å²) in [5.74, 6) is 0.572. The first kappa shape index (κ1) is 18.2. The van der Waals surface area contributed by atoms with Crippen molar-refractivity contribution in [1.29, 1.82) is 0 Å². The van der Waals surface area contributed by atoms with Crippen LogP contribution in [-0.2, 0) is 0 Å². The molecule has 0 amide bonds. The van der Waals surface area contributed by atoms with Crippen molar-refractivity contribution in [2.24, 2.45) is 0 Å². The summed E-state index contributed by atoms with van der Waals surface area (Å²) in [6.07, 6.45) is 0. The number of piperazine rings is 1. The molecule has 4 N–H and O–H groups in total. The van der Waals surface area contributed by atoms with E-state index >= 15 is 0 Å². The van der Waals surface area contributed by atoms with Crippen LogP contribution in [0.1, 0.15) is 0 Å². The molecule has 0 atom stereocenters. The molecule has 2 aromatic carbocycles. The number of anilines is 2. The molecule has 4 rings (SSSR count). The Morgan fingerprint density at radius 1 is 1.18 bits per heavy atom. The van der Waals surface area contributed by atoms with E-state index in [1.165, 1.54) is 12.1 Å². The predicted octanol–water partition coefficient (Wildman–Crippen LogP) is 1.83. The Labute approximate surface area is 161 Å². The van der Waals surface area contributed by atoms with Crippen LogP contribution < -0.4 is 10.6 Å². The van der Waals surface area contributed by atoms with Gasteiger partial charge in [0, 0.05) is 50.0 Å². The lowest BCUT2D eigenvalue weighted by molar-refractivity contribution is -0.383. The Balaban J connectivity index is 1.59. The minimum absolute atomic E-state index is 0.126. The maximum Gasteiger partial charge on any atom is 0.292 e. The Morgan fingerprint density at radius 3 is 2.68 bits per heavy atom. The topological polar surface area (TPSA) is 125 Å². The highest BCUT2D eigenvalue weighted by Crippen LogP contribution is 2.29. The van der Waals surface area contributed by atoms with Crippen LogP contribution in [-0.4, -0.2) is 64.2 Å². The first-order valence-corrected chi connectivity index (χ1v) is 9.17. The van der Waals surface area contributed by atoms with E-state index in [0.29, 0.717) is 17.9 Å². The van der Waals surface area contributed by atoms with Crippen molar-refractivity contribution in [2.45, 2.75) is 0 Å². The van der Waals surface area contributed by atoms with E-state index in [1.54, 1.807) is 6.07 Å². The van der Waals surface area contributed by atoms with Gasteiger partial charge in [0.1, 0.15) is 11.5 Å². The minimum atomic E-state index is -0.490. The largest absolute Gasteiger partial charge is 0.395 e. The van der Waals surface area contributed by atoms with Gasteiger partial charge in [-0.1, -0.05) is 0 Å². The summed E-state index contributed by atoms with van der Waals surface area (Å²) in [6.45, 7) is 4.54. The first-order valence-electron chi connectivity index (χ1n) is 9.17. The van der Waals surface area contributed by atoms with Crippen LogP contribution >= 0.6 is 0 Å². The van der Waals surface area contributed by atoms with Gasteiger partial charge in [0.2, 0.25) is 0 Å². The lowest BCUT2D eigenvalue weighted by Gasteiger charge is -2.35. The average Bonchev–Trinajstić information content (AvgIpc) is 3.12. The van der Waals surface area contributed by atoms with Gasteiger partial charge in [0.15, 0.2) is 0 Å². The summed E-state index contributed by atoms with van der Waals surface area (Å²) in [5, 5.41) is 20.2. The Bertz CT molecular complexity index is 1010. The zero-order chi connectivity index (χ0) is 19.7. The SMILES string of the molecule is Nc1ccc(-c2nc3ccc(N4CCN(CCO)CC4)cc3[nH]2)cc1[N+](=O)[O-]. The van der Waals surface area contributed by atoms with Gasteiger partial charge >= 0.3 is 0 Å². The Kier molecular flexibility index (Phi) is 4.84. The molecular formula is C19H22N6O3. The number of nitro groups is 1. The van der Waals surface area contributed by atoms with Crippen LogP contribution in [0.5, 0.6) is 0 Å². The molecule has 3 aromatic rings. The summed E-state index contributed by atoms with van der Waals surface area (Å²) < 4.78 is 0. The molecule has 9 nitrogen and oxygen atoms in total. The molecule has 0 aliphatic carbocycles. The third-order valence-electron chi connectivity index (χ3n) is 5.12. The number of nitrogens with two attached hydrogens (primary N) is 1. The summed E-state index contributed by atoms with van der Waals surface area (Å²) >= 11 is 0. The fourth-order valence-corrected chi connectivity index (χ4v) is 3.55. The van der Waals surface area contributed by atoms with Crippen molar-refractivity contribution < 1.29 is 10.0 Å². The second-order valence-corrected chi connectivity index (χ2v) is 6.87. The smallest absolute Gasteiger partial charge is 0.292 e. The van der Waals surface area contributed by atoms with Crippen LogP contribution in [0, 0.1) is 10.1 Å². The van der Waals surface area contributed by atoms with Crippen molar-refractivity contribution in [1.82, 2.24) is 14.9 Å². The number of aliphatic hydroxyl groups is 1. The molecule has 28 heavy (non-hydrogen) atoms. The second kappa shape index (κ2) is 7.45. The van der Waals surface area contributed by atoms with Gasteiger partial charge in [-0.05, 0) is 30.3 Å². The number of aromatic nitrogens is 2. The van der Waals surface area contributed by atoms with Crippen LogP contribution in [0.2, 0.25) is 0 Å². The van der Waals surface area contributed by atoms with Crippen molar-refractivity contribution in [3.8, 4) is 11.4 Å². The number of nitrogen functional groups attached to an aromatic ring is 1. The maximum absolute atomic E-state index is 11.1. The van der Waals surface area contributed by atoms with E-state index in [-0.39, 0.29) is 18.0 Å². The van der Waals surface area contributed by atoms with Gasteiger partial charge < -0.3 is 20.7 Å². The van der Waals surface area contributed by atoms with Crippen LogP contribution in [0.3, 0.4) is 0 Å². The number of fused-ring (bicyclic) bond motifs is 1. The molecule has 1 fully saturated rings. The van der Waals surface area contributed by atoms with E-state index in [1.807, 2.05) is 12.1 Å². The molecule has 1 saturated heterocycles. The average molecular weight is 382 g/mol. The molecule has 0 unspecified atom stereocenters. The number of rotatable bonds is 5. The van der Waals surface area contributed by atoms with Gasteiger partial charge in [-0.2, -0.15) is 0 Å². The lowest BCUT2D eigenvalue weighted by atomic mass is 10.1. The zero-order valence-electron chi connectivity index (χ0n) is 15.3. The van der Waals surface area contributed by atoms with Crippen molar-refractivity contribution in [3.05, 3.63) is 46.5 Å². The molecule has 1 aliphatic heterocycles. The van der Waals surface area contributed by atoms with Gasteiger partial charge in [0.25, 0.3) is 5.69 Å². The van der Waals surface area contributed by atoms with Crippen LogP contribution in [0.15, 0.2) is 36.4 Å². The summed E-state index contributed by atoms with van der Waals surface area (Å²) in [4.78, 5) is 23.0. The van der Waals surface area contributed by atoms with E-state index in [0.717, 1.165) is 42.9 Å². The quantitative estimate of drug-likeness (QED) is 0.349. The van der Waals surface area contributed by atoms with Crippen molar-refractivity contribution in [2.75, 3.05) is 50.0 Å². The predicted molar refractivity (Wildman–Crippen MR) is 108 cm³/mol. The van der Waals surface area contributed by atoms with Crippen molar-refractivity contribution >= 4 is 28.1 Å². The number of aliphatic hydroxyl groups excluding tert-OH is 1. The van der Waals surface area contributed by atoms with E-state index in [9.17, 15) is 10.1 Å².